The summed E-state index contributed by atoms with van der Waals surface area (Å²) in [4.78, 5) is 14.1. The molecule has 4 heteroatoms. The second kappa shape index (κ2) is 7.14. The van der Waals surface area contributed by atoms with Crippen molar-refractivity contribution in [2.24, 2.45) is 0 Å². The number of amides is 2. The van der Waals surface area contributed by atoms with Gasteiger partial charge in [0, 0.05) is 24.9 Å². The summed E-state index contributed by atoms with van der Waals surface area (Å²) in [6, 6.07) is 0.611. The van der Waals surface area contributed by atoms with E-state index < -0.39 is 0 Å². The lowest BCUT2D eigenvalue weighted by Gasteiger charge is -2.24. The summed E-state index contributed by atoms with van der Waals surface area (Å²) in [6.45, 7) is 1.86. The molecule has 1 heterocycles. The first kappa shape index (κ1) is 13.1. The molecular weight excluding hydrogens is 232 g/mol. The van der Waals surface area contributed by atoms with E-state index in [0.717, 1.165) is 25.3 Å². The van der Waals surface area contributed by atoms with Crippen molar-refractivity contribution in [2.75, 3.05) is 24.6 Å². The lowest BCUT2D eigenvalue weighted by molar-refractivity contribution is 0.196. The summed E-state index contributed by atoms with van der Waals surface area (Å²) in [6.07, 6.45) is 8.73. The molecule has 0 aromatic carbocycles. The van der Waals surface area contributed by atoms with Crippen LogP contribution in [0.2, 0.25) is 0 Å². The number of nitrogens with zero attached hydrogens (tertiary/aromatic N) is 1. The van der Waals surface area contributed by atoms with E-state index in [4.69, 9.17) is 0 Å². The zero-order valence-electron chi connectivity index (χ0n) is 10.6. The zero-order valence-corrected chi connectivity index (χ0v) is 11.4. The van der Waals surface area contributed by atoms with Gasteiger partial charge in [0.2, 0.25) is 0 Å². The molecule has 0 radical (unpaired) electrons. The minimum Gasteiger partial charge on any atom is -0.335 e. The SMILES string of the molecule is O=C(NC1CCCCCC1)N1CCCSCC1. The molecule has 1 aliphatic carbocycles. The van der Waals surface area contributed by atoms with Gasteiger partial charge in [0.1, 0.15) is 0 Å². The minimum atomic E-state index is 0.180. The Balaban J connectivity index is 1.77. The van der Waals surface area contributed by atoms with Crippen molar-refractivity contribution in [2.45, 2.75) is 51.0 Å². The van der Waals surface area contributed by atoms with Gasteiger partial charge in [0.15, 0.2) is 0 Å². The van der Waals surface area contributed by atoms with Crippen molar-refractivity contribution in [3.8, 4) is 0 Å². The summed E-state index contributed by atoms with van der Waals surface area (Å²) in [7, 11) is 0. The number of hydrogen-bond acceptors (Lipinski definition) is 2. The number of thioether (sulfide) groups is 1. The number of hydrogen-bond donors (Lipinski definition) is 1. The predicted octanol–water partition coefficient (Wildman–Crippen LogP) is 2.86. The van der Waals surface area contributed by atoms with E-state index in [1.54, 1.807) is 0 Å². The molecule has 1 saturated carbocycles. The highest BCUT2D eigenvalue weighted by atomic mass is 32.2. The lowest BCUT2D eigenvalue weighted by atomic mass is 10.1. The first-order valence-corrected chi connectivity index (χ1v) is 8.15. The fraction of sp³-hybridized carbons (Fsp3) is 0.923. The molecule has 2 rings (SSSR count). The van der Waals surface area contributed by atoms with Crippen LogP contribution >= 0.6 is 11.8 Å². The molecule has 2 aliphatic rings. The van der Waals surface area contributed by atoms with Gasteiger partial charge in [-0.2, -0.15) is 11.8 Å². The first-order chi connectivity index (χ1) is 8.36. The topological polar surface area (TPSA) is 32.3 Å². The molecule has 1 aliphatic heterocycles. The van der Waals surface area contributed by atoms with Gasteiger partial charge in [0.05, 0.1) is 0 Å². The molecule has 1 N–H and O–H groups in total. The molecule has 0 spiro atoms. The number of carbonyl (C=O) groups is 1. The molecule has 2 amide bonds. The molecule has 1 saturated heterocycles. The normalized spacial score (nSPS) is 23.9. The number of rotatable bonds is 1. The van der Waals surface area contributed by atoms with Gasteiger partial charge < -0.3 is 10.2 Å². The van der Waals surface area contributed by atoms with E-state index in [-0.39, 0.29) is 6.03 Å². The van der Waals surface area contributed by atoms with E-state index in [0.29, 0.717) is 6.04 Å². The maximum atomic E-state index is 12.1. The van der Waals surface area contributed by atoms with E-state index in [1.165, 1.54) is 44.3 Å². The molecule has 17 heavy (non-hydrogen) atoms. The van der Waals surface area contributed by atoms with Crippen LogP contribution in [0.25, 0.3) is 0 Å². The first-order valence-electron chi connectivity index (χ1n) is 6.99. The number of urea groups is 1. The van der Waals surface area contributed by atoms with Crippen LogP contribution in [0.5, 0.6) is 0 Å². The third-order valence-electron chi connectivity index (χ3n) is 3.69. The zero-order chi connectivity index (χ0) is 11.9. The van der Waals surface area contributed by atoms with Gasteiger partial charge in [-0.05, 0) is 25.0 Å². The summed E-state index contributed by atoms with van der Waals surface area (Å²) < 4.78 is 0. The average Bonchev–Trinajstić information content (AvgIpc) is 2.72. The highest BCUT2D eigenvalue weighted by Crippen LogP contribution is 2.18. The van der Waals surface area contributed by atoms with Crippen molar-refractivity contribution in [1.29, 1.82) is 0 Å². The van der Waals surface area contributed by atoms with Gasteiger partial charge in [-0.25, -0.2) is 4.79 Å². The molecular formula is C13H24N2OS. The highest BCUT2D eigenvalue weighted by molar-refractivity contribution is 7.99. The Morgan fingerprint density at radius 1 is 1.00 bits per heavy atom. The standard InChI is InChI=1S/C13H24N2OS/c16-13(15-8-5-10-17-11-9-15)14-12-6-3-1-2-4-7-12/h12H,1-11H2,(H,14,16). The lowest BCUT2D eigenvalue weighted by Crippen LogP contribution is -2.45. The Bertz CT molecular complexity index is 232. The van der Waals surface area contributed by atoms with Crippen LogP contribution in [0.1, 0.15) is 44.9 Å². The van der Waals surface area contributed by atoms with Gasteiger partial charge in [-0.3, -0.25) is 0 Å². The highest BCUT2D eigenvalue weighted by Gasteiger charge is 2.19. The van der Waals surface area contributed by atoms with Gasteiger partial charge in [-0.1, -0.05) is 25.7 Å². The number of nitrogens with one attached hydrogen (secondary N) is 1. The van der Waals surface area contributed by atoms with Crippen LogP contribution in [-0.2, 0) is 0 Å². The molecule has 0 bridgehead atoms. The minimum absolute atomic E-state index is 0.180. The Morgan fingerprint density at radius 2 is 1.76 bits per heavy atom. The average molecular weight is 256 g/mol. The van der Waals surface area contributed by atoms with Gasteiger partial charge >= 0.3 is 6.03 Å². The summed E-state index contributed by atoms with van der Waals surface area (Å²) in [5.41, 5.74) is 0. The largest absolute Gasteiger partial charge is 0.335 e. The maximum Gasteiger partial charge on any atom is 0.317 e. The second-order valence-corrected chi connectivity index (χ2v) is 6.32. The Kier molecular flexibility index (Phi) is 5.49. The van der Waals surface area contributed by atoms with Crippen molar-refractivity contribution in [3.63, 3.8) is 0 Å². The van der Waals surface area contributed by atoms with Crippen LogP contribution in [-0.4, -0.2) is 41.6 Å². The maximum absolute atomic E-state index is 12.1. The smallest absolute Gasteiger partial charge is 0.317 e. The second-order valence-electron chi connectivity index (χ2n) is 5.09. The van der Waals surface area contributed by atoms with Crippen LogP contribution < -0.4 is 5.32 Å². The van der Waals surface area contributed by atoms with Crippen LogP contribution in [0, 0.1) is 0 Å². The quantitative estimate of drug-likeness (QED) is 0.732. The molecule has 2 fully saturated rings. The van der Waals surface area contributed by atoms with Crippen molar-refractivity contribution in [1.82, 2.24) is 10.2 Å². The molecule has 0 atom stereocenters. The van der Waals surface area contributed by atoms with E-state index in [1.807, 2.05) is 16.7 Å². The molecule has 98 valence electrons. The Hall–Kier alpha value is -0.380. The van der Waals surface area contributed by atoms with E-state index in [9.17, 15) is 4.79 Å². The fourth-order valence-corrected chi connectivity index (χ4v) is 3.53. The molecule has 0 aromatic heterocycles. The third-order valence-corrected chi connectivity index (χ3v) is 4.74. The molecule has 3 nitrogen and oxygen atoms in total. The van der Waals surface area contributed by atoms with Crippen LogP contribution in [0.15, 0.2) is 0 Å². The van der Waals surface area contributed by atoms with Crippen molar-refractivity contribution >= 4 is 17.8 Å². The summed E-state index contributed by atoms with van der Waals surface area (Å²) in [5, 5.41) is 3.23. The monoisotopic (exact) mass is 256 g/mol. The van der Waals surface area contributed by atoms with E-state index in [2.05, 4.69) is 5.32 Å². The predicted molar refractivity (Wildman–Crippen MR) is 73.5 cm³/mol. The van der Waals surface area contributed by atoms with Crippen LogP contribution in [0.3, 0.4) is 0 Å². The third kappa shape index (κ3) is 4.41. The summed E-state index contributed by atoms with van der Waals surface area (Å²) in [5.74, 6) is 2.30. The molecule has 0 aromatic rings. The van der Waals surface area contributed by atoms with Gasteiger partial charge in [-0.15, -0.1) is 0 Å². The van der Waals surface area contributed by atoms with Crippen molar-refractivity contribution < 1.29 is 4.79 Å². The van der Waals surface area contributed by atoms with E-state index >= 15 is 0 Å². The summed E-state index contributed by atoms with van der Waals surface area (Å²) >= 11 is 1.96. The Morgan fingerprint density at radius 3 is 2.53 bits per heavy atom. The van der Waals surface area contributed by atoms with Gasteiger partial charge in [0.25, 0.3) is 0 Å². The Labute approximate surface area is 109 Å². The number of carbonyl (C=O) groups excluding carboxylic acids is 1. The fourth-order valence-electron chi connectivity index (χ4n) is 2.64. The molecule has 0 unspecified atom stereocenters. The van der Waals surface area contributed by atoms with Crippen molar-refractivity contribution in [3.05, 3.63) is 0 Å². The van der Waals surface area contributed by atoms with Crippen LogP contribution in [0.4, 0.5) is 4.79 Å².